The Bertz CT molecular complexity index is 1170. The van der Waals surface area contributed by atoms with Crippen LogP contribution in [-0.4, -0.2) is 59.4 Å². The largest absolute Gasteiger partial charge is 0.465 e. The Hall–Kier alpha value is -2.88. The number of rotatable bonds is 4. The lowest BCUT2D eigenvalue weighted by atomic mass is 9.82. The van der Waals surface area contributed by atoms with E-state index in [0.717, 1.165) is 24.0 Å². The second-order valence-electron chi connectivity index (χ2n) is 9.15. The monoisotopic (exact) mass is 458 g/mol. The number of carbonyl (C=O) groups excluding carboxylic acids is 1. The van der Waals surface area contributed by atoms with Gasteiger partial charge in [-0.3, -0.25) is 14.4 Å². The molecule has 9 nitrogen and oxygen atoms in total. The second kappa shape index (κ2) is 7.61. The topological polar surface area (TPSA) is 113 Å². The normalized spacial score (nSPS) is 22.7. The number of hydrogen-bond acceptors (Lipinski definition) is 5. The SMILES string of the molecule is C[C@H]1CN(C(=O)O)c2cc(-c3cnn(C4CS(=O)(=O)C4)c3)ccc2N1C(=O)CC1CCC1. The molecular weight excluding hydrogens is 432 g/mol. The van der Waals surface area contributed by atoms with Crippen LogP contribution >= 0.6 is 0 Å². The third-order valence-electron chi connectivity index (χ3n) is 6.80. The van der Waals surface area contributed by atoms with Crippen molar-refractivity contribution in [1.82, 2.24) is 9.78 Å². The zero-order chi connectivity index (χ0) is 22.6. The molecule has 170 valence electrons. The summed E-state index contributed by atoms with van der Waals surface area (Å²) in [4.78, 5) is 28.1. The van der Waals surface area contributed by atoms with E-state index in [1.165, 1.54) is 11.3 Å². The fourth-order valence-electron chi connectivity index (χ4n) is 4.79. The van der Waals surface area contributed by atoms with Crippen LogP contribution in [-0.2, 0) is 14.6 Å². The predicted octanol–water partition coefficient (Wildman–Crippen LogP) is 2.93. The molecule has 0 bridgehead atoms. The van der Waals surface area contributed by atoms with Gasteiger partial charge in [0.25, 0.3) is 0 Å². The number of carbonyl (C=O) groups is 2. The van der Waals surface area contributed by atoms with Gasteiger partial charge >= 0.3 is 6.09 Å². The number of aromatic nitrogens is 2. The molecule has 0 radical (unpaired) electrons. The Labute approximate surface area is 186 Å². The molecule has 2 fully saturated rings. The molecule has 1 saturated heterocycles. The molecule has 2 aliphatic heterocycles. The van der Waals surface area contributed by atoms with Gasteiger partial charge in [0.15, 0.2) is 9.84 Å². The van der Waals surface area contributed by atoms with E-state index in [9.17, 15) is 23.1 Å². The summed E-state index contributed by atoms with van der Waals surface area (Å²) in [5, 5.41) is 14.1. The molecule has 2 amide bonds. The van der Waals surface area contributed by atoms with E-state index in [0.29, 0.717) is 23.7 Å². The molecule has 1 atom stereocenters. The second-order valence-corrected chi connectivity index (χ2v) is 11.3. The van der Waals surface area contributed by atoms with E-state index in [1.807, 2.05) is 13.0 Å². The maximum atomic E-state index is 13.1. The number of fused-ring (bicyclic) bond motifs is 1. The molecule has 1 saturated carbocycles. The molecule has 2 aromatic rings. The number of benzene rings is 1. The fraction of sp³-hybridized carbons (Fsp3) is 0.500. The number of anilines is 2. The summed E-state index contributed by atoms with van der Waals surface area (Å²) in [6.07, 6.45) is 6.20. The summed E-state index contributed by atoms with van der Waals surface area (Å²) in [6.45, 7) is 2.09. The average Bonchev–Trinajstić information content (AvgIpc) is 3.17. The third-order valence-corrected chi connectivity index (χ3v) is 8.59. The van der Waals surface area contributed by atoms with E-state index in [4.69, 9.17) is 0 Å². The van der Waals surface area contributed by atoms with Gasteiger partial charge in [0, 0.05) is 24.7 Å². The smallest absolute Gasteiger partial charge is 0.411 e. The lowest BCUT2D eigenvalue weighted by Gasteiger charge is -2.41. The molecule has 0 unspecified atom stereocenters. The van der Waals surface area contributed by atoms with Gasteiger partial charge in [-0.1, -0.05) is 12.5 Å². The molecule has 1 aromatic heterocycles. The summed E-state index contributed by atoms with van der Waals surface area (Å²) < 4.78 is 24.6. The summed E-state index contributed by atoms with van der Waals surface area (Å²) in [5.74, 6) is 0.638. The lowest BCUT2D eigenvalue weighted by Crippen LogP contribution is -2.52. The average molecular weight is 459 g/mol. The van der Waals surface area contributed by atoms with E-state index in [-0.39, 0.29) is 36.0 Å². The van der Waals surface area contributed by atoms with Crippen molar-refractivity contribution in [3.63, 3.8) is 0 Å². The number of carboxylic acid groups (broad SMARTS) is 1. The fourth-order valence-corrected chi connectivity index (χ4v) is 6.17. The van der Waals surface area contributed by atoms with E-state index < -0.39 is 15.9 Å². The minimum atomic E-state index is -2.96. The van der Waals surface area contributed by atoms with Gasteiger partial charge in [-0.2, -0.15) is 5.10 Å². The van der Waals surface area contributed by atoms with Crippen molar-refractivity contribution in [3.05, 3.63) is 30.6 Å². The van der Waals surface area contributed by atoms with Crippen LogP contribution in [0.25, 0.3) is 11.1 Å². The highest BCUT2D eigenvalue weighted by atomic mass is 32.2. The number of amides is 2. The first-order valence-electron chi connectivity index (χ1n) is 10.9. The van der Waals surface area contributed by atoms with Gasteiger partial charge in [-0.05, 0) is 43.4 Å². The first kappa shape index (κ1) is 21.0. The van der Waals surface area contributed by atoms with Crippen LogP contribution in [0.2, 0.25) is 0 Å². The van der Waals surface area contributed by atoms with E-state index >= 15 is 0 Å². The van der Waals surface area contributed by atoms with Gasteiger partial charge in [0.1, 0.15) is 0 Å². The quantitative estimate of drug-likeness (QED) is 0.754. The molecule has 3 aliphatic rings. The predicted molar refractivity (Wildman–Crippen MR) is 120 cm³/mol. The van der Waals surface area contributed by atoms with Crippen LogP contribution in [0.1, 0.15) is 38.6 Å². The highest BCUT2D eigenvalue weighted by Crippen LogP contribution is 2.40. The van der Waals surface area contributed by atoms with E-state index in [2.05, 4.69) is 5.10 Å². The van der Waals surface area contributed by atoms with Gasteiger partial charge in [0.05, 0.1) is 41.2 Å². The first-order valence-corrected chi connectivity index (χ1v) is 12.8. The summed E-state index contributed by atoms with van der Waals surface area (Å²) >= 11 is 0. The minimum Gasteiger partial charge on any atom is -0.465 e. The van der Waals surface area contributed by atoms with Crippen molar-refractivity contribution in [1.29, 1.82) is 0 Å². The molecule has 1 aliphatic carbocycles. The molecule has 32 heavy (non-hydrogen) atoms. The molecule has 1 N–H and O–H groups in total. The molecule has 10 heteroatoms. The Balaban J connectivity index is 1.46. The van der Waals surface area contributed by atoms with Crippen molar-refractivity contribution < 1.29 is 23.1 Å². The summed E-state index contributed by atoms with van der Waals surface area (Å²) in [5.41, 5.74) is 2.63. The van der Waals surface area contributed by atoms with Crippen molar-refractivity contribution in [2.45, 2.75) is 44.7 Å². The van der Waals surface area contributed by atoms with Crippen LogP contribution in [0.4, 0.5) is 16.2 Å². The number of hydrogen-bond donors (Lipinski definition) is 1. The molecule has 5 rings (SSSR count). The maximum Gasteiger partial charge on any atom is 0.411 e. The number of sulfone groups is 1. The Morgan fingerprint density at radius 2 is 1.91 bits per heavy atom. The van der Waals surface area contributed by atoms with Crippen LogP contribution < -0.4 is 9.80 Å². The van der Waals surface area contributed by atoms with Gasteiger partial charge in [0.2, 0.25) is 5.91 Å². The van der Waals surface area contributed by atoms with Crippen molar-refractivity contribution in [2.75, 3.05) is 27.9 Å². The van der Waals surface area contributed by atoms with Crippen LogP contribution in [0, 0.1) is 5.92 Å². The standard InChI is InChI=1S/C22H26N4O5S/c1-14-10-24(22(28)29)20-8-16(17-9-23-25(11-17)18-12-32(30,31)13-18)5-6-19(20)26(14)21(27)7-15-3-2-4-15/h5-6,8-9,11,14-15,18H,2-4,7,10,12-13H2,1H3,(H,28,29)/t14-/m0/s1. The summed E-state index contributed by atoms with van der Waals surface area (Å²) in [7, 11) is -2.96. The lowest BCUT2D eigenvalue weighted by molar-refractivity contribution is -0.120. The van der Waals surface area contributed by atoms with E-state index in [1.54, 1.807) is 34.1 Å². The van der Waals surface area contributed by atoms with Gasteiger partial charge < -0.3 is 10.0 Å². The number of nitrogens with zero attached hydrogens (tertiary/aromatic N) is 4. The minimum absolute atomic E-state index is 0.0419. The Kier molecular flexibility index (Phi) is 4.99. The Morgan fingerprint density at radius 3 is 2.53 bits per heavy atom. The van der Waals surface area contributed by atoms with Crippen molar-refractivity contribution in [3.8, 4) is 11.1 Å². The zero-order valence-electron chi connectivity index (χ0n) is 17.8. The Morgan fingerprint density at radius 1 is 1.16 bits per heavy atom. The molecule has 3 heterocycles. The maximum absolute atomic E-state index is 13.1. The molecular formula is C22H26N4O5S. The highest BCUT2D eigenvalue weighted by molar-refractivity contribution is 7.92. The van der Waals surface area contributed by atoms with Gasteiger partial charge in [-0.25, -0.2) is 13.2 Å². The van der Waals surface area contributed by atoms with Gasteiger partial charge in [-0.15, -0.1) is 0 Å². The van der Waals surface area contributed by atoms with Crippen molar-refractivity contribution in [2.24, 2.45) is 5.92 Å². The first-order chi connectivity index (χ1) is 15.2. The van der Waals surface area contributed by atoms with Crippen LogP contribution in [0.15, 0.2) is 30.6 Å². The van der Waals surface area contributed by atoms with Crippen LogP contribution in [0.3, 0.4) is 0 Å². The summed E-state index contributed by atoms with van der Waals surface area (Å²) in [6, 6.07) is 5.03. The van der Waals surface area contributed by atoms with Crippen molar-refractivity contribution >= 4 is 33.2 Å². The highest BCUT2D eigenvalue weighted by Gasteiger charge is 2.37. The molecule has 1 aromatic carbocycles. The van der Waals surface area contributed by atoms with Crippen LogP contribution in [0.5, 0.6) is 0 Å². The zero-order valence-corrected chi connectivity index (χ0v) is 18.7. The molecule has 0 spiro atoms. The third kappa shape index (κ3) is 3.66.